The Morgan fingerprint density at radius 3 is 0.667 bits per heavy atom. The second-order valence-corrected chi connectivity index (χ2v) is 13.2. The molecule has 0 N–H and O–H groups in total. The van der Waals surface area contributed by atoms with E-state index >= 15 is 0 Å². The molecule has 0 aliphatic rings. The predicted molar refractivity (Wildman–Crippen MR) is 27.7 cm³/mol. The summed E-state index contributed by atoms with van der Waals surface area (Å²) in [4.78, 5) is 0. The maximum absolute atomic E-state index is 3.84. The standard InChI is InChI=1S/4P.2Zn. The summed E-state index contributed by atoms with van der Waals surface area (Å²) in [6.07, 6.45) is 0. The van der Waals surface area contributed by atoms with Gasteiger partial charge in [-0.05, 0) is 0 Å². The van der Waals surface area contributed by atoms with E-state index in [9.17, 15) is 0 Å². The third kappa shape index (κ3) is 28.2. The molecule has 0 nitrogen and oxygen atoms in total. The zero-order valence-electron chi connectivity index (χ0n) is 3.20. The van der Waals surface area contributed by atoms with Crippen LogP contribution in [0.25, 0.3) is 0 Å². The average Bonchev–Trinajstić information content (AvgIpc) is 1.39. The molecular formula is P4Zn2. The summed E-state index contributed by atoms with van der Waals surface area (Å²) in [5, 5.41) is 0. The molecule has 0 fully saturated rings. The number of hydrogen-bond acceptors (Lipinski definition) is 0. The quantitative estimate of drug-likeness (QED) is 0.459. The molecule has 0 aliphatic heterocycles. The van der Waals surface area contributed by atoms with Crippen LogP contribution >= 0.6 is 27.6 Å². The molecule has 6 heteroatoms. The van der Waals surface area contributed by atoms with E-state index in [1.165, 1.54) is 0 Å². The van der Waals surface area contributed by atoms with Crippen molar-refractivity contribution in [3.05, 3.63) is 0 Å². The van der Waals surface area contributed by atoms with Crippen LogP contribution in [0.3, 0.4) is 0 Å². The fourth-order valence-corrected chi connectivity index (χ4v) is 0. The first-order valence-corrected chi connectivity index (χ1v) is 19.7. The van der Waals surface area contributed by atoms with Crippen LogP contribution in [-0.2, 0) is 29.5 Å². The minimum absolute atomic E-state index is 0.486. The van der Waals surface area contributed by atoms with E-state index in [2.05, 4.69) is 27.6 Å². The van der Waals surface area contributed by atoms with Crippen molar-refractivity contribution in [3.63, 3.8) is 0 Å². The molecule has 0 saturated heterocycles. The molecule has 0 spiro atoms. The van der Waals surface area contributed by atoms with Crippen LogP contribution in [0.1, 0.15) is 0 Å². The summed E-state index contributed by atoms with van der Waals surface area (Å²) in [5.41, 5.74) is 0. The number of hydrogen-bond donors (Lipinski definition) is 0. The van der Waals surface area contributed by atoms with Crippen LogP contribution < -0.4 is 0 Å². The SMILES string of the molecule is [P]#[Zn]#[P].[P]#[Zn]#[P]. The molecule has 0 aromatic rings. The van der Waals surface area contributed by atoms with Crippen molar-refractivity contribution in [3.8, 4) is 0 Å². The number of rotatable bonds is 0. The van der Waals surface area contributed by atoms with Crippen LogP contribution in [-0.4, -0.2) is 0 Å². The van der Waals surface area contributed by atoms with Gasteiger partial charge in [-0.1, -0.05) is 0 Å². The molecule has 0 saturated carbocycles. The normalized spacial score (nSPS) is 6.00. The van der Waals surface area contributed by atoms with Crippen LogP contribution in [0.2, 0.25) is 0 Å². The molecule has 0 aromatic heterocycles. The van der Waals surface area contributed by atoms with Crippen LogP contribution in [0.5, 0.6) is 0 Å². The summed E-state index contributed by atoms with van der Waals surface area (Å²) in [6.45, 7) is 15.4. The molecule has 0 amide bonds. The van der Waals surface area contributed by atoms with Gasteiger partial charge in [0.2, 0.25) is 0 Å². The van der Waals surface area contributed by atoms with Gasteiger partial charge in [0, 0.05) is 0 Å². The maximum atomic E-state index is 3.84. The van der Waals surface area contributed by atoms with E-state index in [4.69, 9.17) is 0 Å². The van der Waals surface area contributed by atoms with E-state index in [1.54, 1.807) is 0 Å². The van der Waals surface area contributed by atoms with E-state index in [0.29, 0.717) is 0 Å². The molecule has 0 aromatic carbocycles. The monoisotopic (exact) mass is 252 g/mol. The zero-order valence-corrected chi connectivity index (χ0v) is 12.7. The Labute approximate surface area is 56.7 Å². The van der Waals surface area contributed by atoms with Crippen molar-refractivity contribution in [1.82, 2.24) is 0 Å². The first-order valence-electron chi connectivity index (χ1n) is 1.26. The fraction of sp³-hybridized carbons (Fsp3) is 0. The fourth-order valence-electron chi connectivity index (χ4n) is 0. The van der Waals surface area contributed by atoms with E-state index in [-0.39, 0.29) is 0 Å². The Balaban J connectivity index is 0. The van der Waals surface area contributed by atoms with Gasteiger partial charge in [-0.2, -0.15) is 0 Å². The molecule has 0 atom stereocenters. The van der Waals surface area contributed by atoms with Gasteiger partial charge in [-0.3, -0.25) is 0 Å². The second-order valence-electron chi connectivity index (χ2n) is 0.283. The first kappa shape index (κ1) is 11.7. The Morgan fingerprint density at radius 1 is 0.667 bits per heavy atom. The third-order valence-electron chi connectivity index (χ3n) is 0. The zero-order chi connectivity index (χ0) is 5.41. The minimum atomic E-state index is -0.486. The van der Waals surface area contributed by atoms with E-state index in [0.717, 1.165) is 0 Å². The van der Waals surface area contributed by atoms with Crippen molar-refractivity contribution < 1.29 is 29.5 Å². The molecule has 0 unspecified atom stereocenters. The van der Waals surface area contributed by atoms with E-state index < -0.39 is 29.5 Å². The van der Waals surface area contributed by atoms with Crippen LogP contribution in [0.4, 0.5) is 0 Å². The molecule has 0 rings (SSSR count). The summed E-state index contributed by atoms with van der Waals surface area (Å²) >= 11 is -0.972. The van der Waals surface area contributed by atoms with Gasteiger partial charge in [0.25, 0.3) is 0 Å². The molecular weight excluding hydrogens is 255 g/mol. The van der Waals surface area contributed by atoms with Gasteiger partial charge in [0.1, 0.15) is 0 Å². The summed E-state index contributed by atoms with van der Waals surface area (Å²) in [6, 6.07) is 0. The van der Waals surface area contributed by atoms with Gasteiger partial charge in [0.05, 0.1) is 0 Å². The Kier molecular flexibility index (Phi) is 30.6. The van der Waals surface area contributed by atoms with Gasteiger partial charge in [0.15, 0.2) is 0 Å². The topological polar surface area (TPSA) is 0 Å². The van der Waals surface area contributed by atoms with Crippen molar-refractivity contribution >= 4 is 27.6 Å². The van der Waals surface area contributed by atoms with Gasteiger partial charge in [-0.25, -0.2) is 0 Å². The third-order valence-corrected chi connectivity index (χ3v) is 0. The molecule has 0 bridgehead atoms. The molecule has 24 valence electrons. The van der Waals surface area contributed by atoms with Crippen LogP contribution in [0, 0.1) is 0 Å². The van der Waals surface area contributed by atoms with Crippen molar-refractivity contribution in [2.75, 3.05) is 0 Å². The van der Waals surface area contributed by atoms with E-state index in [1.807, 2.05) is 0 Å². The van der Waals surface area contributed by atoms with Gasteiger partial charge >= 0.3 is 57.1 Å². The average molecular weight is 255 g/mol. The van der Waals surface area contributed by atoms with Crippen molar-refractivity contribution in [1.29, 1.82) is 0 Å². The van der Waals surface area contributed by atoms with Gasteiger partial charge < -0.3 is 0 Å². The summed E-state index contributed by atoms with van der Waals surface area (Å²) in [7, 11) is 0. The predicted octanol–water partition coefficient (Wildman–Crippen LogP) is 3.44. The Morgan fingerprint density at radius 2 is 0.667 bits per heavy atom. The van der Waals surface area contributed by atoms with Crippen LogP contribution in [0.15, 0.2) is 0 Å². The Bertz CT molecular complexity index is 182. The molecule has 0 aliphatic carbocycles. The molecule has 6 heavy (non-hydrogen) atoms. The van der Waals surface area contributed by atoms with Crippen molar-refractivity contribution in [2.24, 2.45) is 0 Å². The molecule has 0 radical (unpaired) electrons. The Hall–Kier alpha value is 2.97. The van der Waals surface area contributed by atoms with Crippen molar-refractivity contribution in [2.45, 2.75) is 0 Å². The molecule has 0 heterocycles. The second kappa shape index (κ2) is 15.7. The first-order chi connectivity index (χ1) is 2.83. The van der Waals surface area contributed by atoms with Gasteiger partial charge in [-0.15, -0.1) is 0 Å². The summed E-state index contributed by atoms with van der Waals surface area (Å²) < 4.78 is 0. The summed E-state index contributed by atoms with van der Waals surface area (Å²) in [5.74, 6) is 0.